The van der Waals surface area contributed by atoms with Crippen molar-refractivity contribution in [2.24, 2.45) is 5.11 Å². The van der Waals surface area contributed by atoms with Crippen LogP contribution in [0.2, 0.25) is 5.02 Å². The minimum absolute atomic E-state index is 0.0451. The average Bonchev–Trinajstić information content (AvgIpc) is 3.09. The molecule has 0 aliphatic carbocycles. The molecule has 1 aliphatic heterocycles. The van der Waals surface area contributed by atoms with E-state index in [-0.39, 0.29) is 11.6 Å². The first kappa shape index (κ1) is 28.4. The minimum atomic E-state index is -4.31. The summed E-state index contributed by atoms with van der Waals surface area (Å²) in [6, 6.07) is 6.05. The standard InChI is InChI=1S/C20H25ClN7O8P/c1-11(17(30)33-3)25-37(32,36-13-6-4-12(21)5-7-13)34-10-14-16(29)20(2,26-27-23)18(35-14)28-9-8-15(22)24-19(28)31/h4-9,11,14,16,18,29H,10H2,1-3H3,(H,25,32)(H2,22,24,31)/t11-,14+,16+,18?,20+,37?/m0/s1. The Morgan fingerprint density at radius 2 is 2.14 bits per heavy atom. The van der Waals surface area contributed by atoms with Crippen LogP contribution in [0.25, 0.3) is 10.4 Å². The summed E-state index contributed by atoms with van der Waals surface area (Å²) in [5, 5.41) is 17.5. The monoisotopic (exact) mass is 557 g/mol. The number of methoxy groups -OCH3 is 1. The van der Waals surface area contributed by atoms with E-state index in [1.54, 1.807) is 0 Å². The Morgan fingerprint density at radius 3 is 2.73 bits per heavy atom. The minimum Gasteiger partial charge on any atom is -0.468 e. The lowest BCUT2D eigenvalue weighted by Gasteiger charge is -2.28. The summed E-state index contributed by atoms with van der Waals surface area (Å²) in [5.41, 5.74) is 12.1. The van der Waals surface area contributed by atoms with E-state index in [1.807, 2.05) is 0 Å². The molecule has 4 N–H and O–H groups in total. The first-order valence-corrected chi connectivity index (χ1v) is 12.6. The van der Waals surface area contributed by atoms with Crippen molar-refractivity contribution < 1.29 is 33.0 Å². The number of esters is 1. The predicted octanol–water partition coefficient (Wildman–Crippen LogP) is 2.16. The molecule has 15 nitrogen and oxygen atoms in total. The normalized spacial score (nSPS) is 25.5. The molecule has 1 aliphatic rings. The molecular formula is C20H25ClN7O8P. The Kier molecular flexibility index (Phi) is 8.82. The molecule has 2 unspecified atom stereocenters. The molecule has 37 heavy (non-hydrogen) atoms. The van der Waals surface area contributed by atoms with Crippen LogP contribution >= 0.6 is 19.3 Å². The number of carbonyl (C=O) groups is 1. The molecule has 0 saturated carbocycles. The molecule has 1 aromatic carbocycles. The zero-order valence-corrected chi connectivity index (χ0v) is 21.6. The molecule has 2 heterocycles. The van der Waals surface area contributed by atoms with Gasteiger partial charge in [0.05, 0.1) is 19.8 Å². The number of nitrogens with two attached hydrogens (primary N) is 1. The van der Waals surface area contributed by atoms with Gasteiger partial charge in [-0.25, -0.2) is 9.36 Å². The molecule has 6 atom stereocenters. The lowest BCUT2D eigenvalue weighted by Crippen LogP contribution is -2.45. The maximum atomic E-state index is 13.6. The van der Waals surface area contributed by atoms with Crippen LogP contribution in [0.15, 0.2) is 46.4 Å². The van der Waals surface area contributed by atoms with Gasteiger partial charge in [0.25, 0.3) is 0 Å². The van der Waals surface area contributed by atoms with E-state index in [9.17, 15) is 19.3 Å². The first-order chi connectivity index (χ1) is 17.4. The number of nitrogens with one attached hydrogen (secondary N) is 1. The molecule has 1 saturated heterocycles. The van der Waals surface area contributed by atoms with Crippen LogP contribution in [-0.4, -0.2) is 58.1 Å². The Morgan fingerprint density at radius 1 is 1.46 bits per heavy atom. The van der Waals surface area contributed by atoms with Crippen LogP contribution in [0.3, 0.4) is 0 Å². The van der Waals surface area contributed by atoms with Crippen molar-refractivity contribution in [3.8, 4) is 5.75 Å². The Hall–Kier alpha value is -3.16. The zero-order valence-electron chi connectivity index (χ0n) is 19.9. The predicted molar refractivity (Wildman–Crippen MR) is 131 cm³/mol. The topological polar surface area (TPSA) is 213 Å². The number of benzene rings is 1. The Bertz CT molecular complexity index is 1290. The molecular weight excluding hydrogens is 533 g/mol. The number of nitrogen functional groups attached to an aromatic ring is 1. The highest BCUT2D eigenvalue weighted by Gasteiger charge is 2.55. The molecule has 1 aromatic heterocycles. The summed E-state index contributed by atoms with van der Waals surface area (Å²) in [4.78, 5) is 30.7. The van der Waals surface area contributed by atoms with Crippen LogP contribution < -0.4 is 21.0 Å². The molecule has 0 amide bonds. The van der Waals surface area contributed by atoms with Gasteiger partial charge in [0.1, 0.15) is 29.3 Å². The van der Waals surface area contributed by atoms with E-state index in [0.29, 0.717) is 5.02 Å². The van der Waals surface area contributed by atoms with E-state index < -0.39 is 56.0 Å². The summed E-state index contributed by atoms with van der Waals surface area (Å²) in [5.74, 6) is -0.690. The number of carbonyl (C=O) groups excluding carboxylic acids is 1. The highest BCUT2D eigenvalue weighted by atomic mass is 35.5. The fourth-order valence-corrected chi connectivity index (χ4v) is 5.18. The quantitative estimate of drug-likeness (QED) is 0.126. The molecule has 200 valence electrons. The van der Waals surface area contributed by atoms with Gasteiger partial charge >= 0.3 is 19.4 Å². The maximum Gasteiger partial charge on any atom is 0.459 e. The number of rotatable bonds is 10. The zero-order chi connectivity index (χ0) is 27.4. The largest absolute Gasteiger partial charge is 0.468 e. The number of aromatic nitrogens is 2. The van der Waals surface area contributed by atoms with Crippen molar-refractivity contribution >= 4 is 31.1 Å². The summed E-state index contributed by atoms with van der Waals surface area (Å²) >= 11 is 5.88. The number of hydrogen-bond acceptors (Lipinski definition) is 11. The summed E-state index contributed by atoms with van der Waals surface area (Å²) in [7, 11) is -3.16. The van der Waals surface area contributed by atoms with Crippen molar-refractivity contribution in [2.75, 3.05) is 19.5 Å². The Balaban J connectivity index is 1.88. The van der Waals surface area contributed by atoms with Crippen LogP contribution in [0.1, 0.15) is 20.1 Å². The van der Waals surface area contributed by atoms with Crippen LogP contribution in [0.5, 0.6) is 5.75 Å². The number of azide groups is 1. The van der Waals surface area contributed by atoms with Crippen molar-refractivity contribution in [2.45, 2.75) is 43.9 Å². The number of nitrogens with zero attached hydrogens (tertiary/aromatic N) is 5. The van der Waals surface area contributed by atoms with Gasteiger partial charge in [-0.3, -0.25) is 13.9 Å². The van der Waals surface area contributed by atoms with Crippen LogP contribution in [-0.2, 0) is 23.4 Å². The van der Waals surface area contributed by atoms with Gasteiger partial charge in [0.15, 0.2) is 6.23 Å². The van der Waals surface area contributed by atoms with Gasteiger partial charge in [-0.05, 0) is 49.7 Å². The number of anilines is 1. The number of hydrogen-bond donors (Lipinski definition) is 3. The number of ether oxygens (including phenoxy) is 2. The number of halogens is 1. The van der Waals surface area contributed by atoms with E-state index in [1.165, 1.54) is 50.4 Å². The van der Waals surface area contributed by atoms with E-state index >= 15 is 0 Å². The highest BCUT2D eigenvalue weighted by molar-refractivity contribution is 7.52. The smallest absolute Gasteiger partial charge is 0.459 e. The molecule has 0 spiro atoms. The molecule has 0 bridgehead atoms. The second-order valence-corrected chi connectivity index (χ2v) is 10.3. The van der Waals surface area contributed by atoms with E-state index in [4.69, 9.17) is 36.7 Å². The molecule has 1 fully saturated rings. The average molecular weight is 558 g/mol. The summed E-state index contributed by atoms with van der Waals surface area (Å²) in [6.07, 6.45) is -2.83. The van der Waals surface area contributed by atoms with Gasteiger partial charge < -0.3 is 24.8 Å². The van der Waals surface area contributed by atoms with Crippen molar-refractivity contribution in [1.29, 1.82) is 0 Å². The van der Waals surface area contributed by atoms with Gasteiger partial charge in [-0.15, -0.1) is 0 Å². The maximum absolute atomic E-state index is 13.6. The van der Waals surface area contributed by atoms with Crippen molar-refractivity contribution in [3.63, 3.8) is 0 Å². The third kappa shape index (κ3) is 6.40. The summed E-state index contributed by atoms with van der Waals surface area (Å²) < 4.78 is 36.1. The van der Waals surface area contributed by atoms with E-state index in [0.717, 1.165) is 11.7 Å². The fourth-order valence-electron chi connectivity index (χ4n) is 3.55. The second-order valence-electron chi connectivity index (χ2n) is 8.14. The second kappa shape index (κ2) is 11.5. The van der Waals surface area contributed by atoms with E-state index in [2.05, 4.69) is 24.8 Å². The summed E-state index contributed by atoms with van der Waals surface area (Å²) in [6.45, 7) is 2.17. The third-order valence-electron chi connectivity index (χ3n) is 5.47. The van der Waals surface area contributed by atoms with Gasteiger partial charge in [0.2, 0.25) is 0 Å². The third-order valence-corrected chi connectivity index (χ3v) is 7.37. The fraction of sp³-hybridized carbons (Fsp3) is 0.450. The van der Waals surface area contributed by atoms with Gasteiger partial charge in [-0.2, -0.15) is 10.1 Å². The number of aliphatic hydroxyl groups excluding tert-OH is 1. The van der Waals surface area contributed by atoms with Gasteiger partial charge in [-0.1, -0.05) is 16.7 Å². The van der Waals surface area contributed by atoms with Crippen LogP contribution in [0.4, 0.5) is 5.82 Å². The first-order valence-electron chi connectivity index (χ1n) is 10.7. The SMILES string of the molecule is COC(=O)[C@H](C)NP(=O)(OC[C@H]1OC(n2ccc(N)nc2=O)[C@](C)(N=[N+]=[N-])[C@@H]1O)Oc1ccc(Cl)cc1. The number of aliphatic hydroxyl groups is 1. The van der Waals surface area contributed by atoms with Crippen molar-refractivity contribution in [1.82, 2.24) is 14.6 Å². The van der Waals surface area contributed by atoms with Gasteiger partial charge in [0, 0.05) is 16.1 Å². The lowest BCUT2D eigenvalue weighted by molar-refractivity contribution is -0.142. The molecule has 3 rings (SSSR count). The van der Waals surface area contributed by atoms with Crippen LogP contribution in [0, 0.1) is 0 Å². The lowest BCUT2D eigenvalue weighted by atomic mass is 9.93. The molecule has 17 heteroatoms. The molecule has 0 radical (unpaired) electrons. The molecule has 2 aromatic rings. The van der Waals surface area contributed by atoms with Crippen molar-refractivity contribution in [3.05, 3.63) is 62.5 Å². The Labute approximate surface area is 215 Å². The highest BCUT2D eigenvalue weighted by Crippen LogP contribution is 2.47.